The normalized spacial score (nSPS) is 24.7. The number of nitrogens with two attached hydrogens (primary N) is 1. The maximum absolute atomic E-state index is 5.87. The molecule has 1 saturated carbocycles. The van der Waals surface area contributed by atoms with E-state index in [9.17, 15) is 0 Å². The van der Waals surface area contributed by atoms with Gasteiger partial charge in [-0.05, 0) is 30.5 Å². The molecule has 2 unspecified atom stereocenters. The van der Waals surface area contributed by atoms with Gasteiger partial charge in [0, 0.05) is 10.5 Å². The highest BCUT2D eigenvalue weighted by Gasteiger charge is 2.35. The molecule has 1 aromatic rings. The van der Waals surface area contributed by atoms with E-state index in [0.717, 1.165) is 21.8 Å². The molecule has 2 atom stereocenters. The quantitative estimate of drug-likeness (QED) is 0.813. The summed E-state index contributed by atoms with van der Waals surface area (Å²) >= 11 is 3.44. The van der Waals surface area contributed by atoms with Crippen molar-refractivity contribution in [2.45, 2.75) is 25.8 Å². The van der Waals surface area contributed by atoms with Crippen molar-refractivity contribution in [2.24, 2.45) is 5.92 Å². The number of hydrogen-bond donors (Lipinski definition) is 2. The fourth-order valence-electron chi connectivity index (χ4n) is 1.73. The third kappa shape index (κ3) is 2.03. The molecule has 0 aliphatic heterocycles. The molecule has 1 aliphatic carbocycles. The summed E-state index contributed by atoms with van der Waals surface area (Å²) in [5.41, 5.74) is 7.75. The predicted molar refractivity (Wildman–Crippen MR) is 64.4 cm³/mol. The van der Waals surface area contributed by atoms with Crippen LogP contribution in [0.2, 0.25) is 0 Å². The van der Waals surface area contributed by atoms with E-state index in [1.165, 1.54) is 12.8 Å². The molecule has 3 heteroatoms. The maximum atomic E-state index is 5.87. The summed E-state index contributed by atoms with van der Waals surface area (Å²) in [5.74, 6) is 0.841. The van der Waals surface area contributed by atoms with Crippen molar-refractivity contribution in [1.29, 1.82) is 0 Å². The Morgan fingerprint density at radius 2 is 2.36 bits per heavy atom. The average molecular weight is 255 g/mol. The van der Waals surface area contributed by atoms with E-state index >= 15 is 0 Å². The Labute approximate surface area is 93.0 Å². The van der Waals surface area contributed by atoms with E-state index in [2.05, 4.69) is 28.2 Å². The molecular weight excluding hydrogens is 240 g/mol. The van der Waals surface area contributed by atoms with Gasteiger partial charge in [-0.25, -0.2) is 0 Å². The van der Waals surface area contributed by atoms with Gasteiger partial charge in [0.1, 0.15) is 0 Å². The van der Waals surface area contributed by atoms with E-state index in [4.69, 9.17) is 5.73 Å². The Bertz CT molecular complexity index is 338. The van der Waals surface area contributed by atoms with Gasteiger partial charge in [-0.15, -0.1) is 0 Å². The van der Waals surface area contributed by atoms with Crippen LogP contribution in [0.15, 0.2) is 22.7 Å². The van der Waals surface area contributed by atoms with E-state index < -0.39 is 0 Å². The smallest absolute Gasteiger partial charge is 0.0587 e. The molecule has 0 saturated heterocycles. The van der Waals surface area contributed by atoms with Crippen molar-refractivity contribution in [3.8, 4) is 0 Å². The van der Waals surface area contributed by atoms with Crippen LogP contribution in [0.1, 0.15) is 19.8 Å². The summed E-state index contributed by atoms with van der Waals surface area (Å²) < 4.78 is 1.07. The van der Waals surface area contributed by atoms with Crippen molar-refractivity contribution in [3.05, 3.63) is 22.7 Å². The summed E-state index contributed by atoms with van der Waals surface area (Å²) in [6.45, 7) is 2.23. The van der Waals surface area contributed by atoms with E-state index in [-0.39, 0.29) is 0 Å². The molecule has 1 fully saturated rings. The van der Waals surface area contributed by atoms with Crippen molar-refractivity contribution in [2.75, 3.05) is 11.1 Å². The van der Waals surface area contributed by atoms with Crippen LogP contribution in [0.3, 0.4) is 0 Å². The highest BCUT2D eigenvalue weighted by atomic mass is 79.9. The van der Waals surface area contributed by atoms with Gasteiger partial charge in [0.25, 0.3) is 0 Å². The number of nitrogens with one attached hydrogen (secondary N) is 1. The van der Waals surface area contributed by atoms with Crippen LogP contribution in [0.4, 0.5) is 11.4 Å². The van der Waals surface area contributed by atoms with Crippen LogP contribution in [0.25, 0.3) is 0 Å². The van der Waals surface area contributed by atoms with E-state index in [0.29, 0.717) is 6.04 Å². The Morgan fingerprint density at radius 1 is 1.57 bits per heavy atom. The molecule has 2 rings (SSSR count). The number of halogens is 1. The standard InChI is InChI=1S/C11H15BrN2/c1-2-7-5-10(7)14-11-6-8(12)3-4-9(11)13/h3-4,6-7,10,14H,2,5,13H2,1H3. The fraction of sp³-hybridized carbons (Fsp3) is 0.455. The summed E-state index contributed by atoms with van der Waals surface area (Å²) in [6.07, 6.45) is 2.54. The first-order valence-electron chi connectivity index (χ1n) is 5.02. The lowest BCUT2D eigenvalue weighted by atomic mass is 10.2. The molecule has 14 heavy (non-hydrogen) atoms. The maximum Gasteiger partial charge on any atom is 0.0587 e. The third-order valence-corrected chi connectivity index (χ3v) is 3.30. The fourth-order valence-corrected chi connectivity index (χ4v) is 2.09. The molecule has 0 amide bonds. The highest BCUT2D eigenvalue weighted by Crippen LogP contribution is 2.37. The zero-order valence-corrected chi connectivity index (χ0v) is 9.84. The lowest BCUT2D eigenvalue weighted by molar-refractivity contribution is 0.775. The average Bonchev–Trinajstić information content (AvgIpc) is 2.90. The van der Waals surface area contributed by atoms with E-state index in [1.807, 2.05) is 18.2 Å². The second-order valence-corrected chi connectivity index (χ2v) is 4.80. The molecule has 0 bridgehead atoms. The van der Waals surface area contributed by atoms with Crippen LogP contribution in [0.5, 0.6) is 0 Å². The molecule has 0 radical (unpaired) electrons. The van der Waals surface area contributed by atoms with Gasteiger partial charge in [0.05, 0.1) is 11.4 Å². The number of nitrogen functional groups attached to an aromatic ring is 1. The lowest BCUT2D eigenvalue weighted by Crippen LogP contribution is -2.06. The Morgan fingerprint density at radius 3 is 3.00 bits per heavy atom. The zero-order valence-electron chi connectivity index (χ0n) is 8.26. The topological polar surface area (TPSA) is 38.0 Å². The second kappa shape index (κ2) is 3.81. The number of anilines is 2. The highest BCUT2D eigenvalue weighted by molar-refractivity contribution is 9.10. The second-order valence-electron chi connectivity index (χ2n) is 3.89. The first kappa shape index (κ1) is 9.84. The first-order valence-corrected chi connectivity index (χ1v) is 5.81. The van der Waals surface area contributed by atoms with Crippen LogP contribution in [0, 0.1) is 5.92 Å². The molecule has 1 aromatic carbocycles. The van der Waals surface area contributed by atoms with Gasteiger partial charge in [0.15, 0.2) is 0 Å². The van der Waals surface area contributed by atoms with Gasteiger partial charge in [0.2, 0.25) is 0 Å². The van der Waals surface area contributed by atoms with Crippen molar-refractivity contribution < 1.29 is 0 Å². The van der Waals surface area contributed by atoms with Crippen molar-refractivity contribution in [3.63, 3.8) is 0 Å². The number of hydrogen-bond acceptors (Lipinski definition) is 2. The van der Waals surface area contributed by atoms with Crippen LogP contribution < -0.4 is 11.1 Å². The lowest BCUT2D eigenvalue weighted by Gasteiger charge is -2.09. The van der Waals surface area contributed by atoms with Gasteiger partial charge in [-0.3, -0.25) is 0 Å². The Kier molecular flexibility index (Phi) is 2.68. The number of rotatable bonds is 3. The van der Waals surface area contributed by atoms with Gasteiger partial charge in [-0.1, -0.05) is 29.3 Å². The minimum Gasteiger partial charge on any atom is -0.397 e. The van der Waals surface area contributed by atoms with Crippen LogP contribution in [-0.2, 0) is 0 Å². The summed E-state index contributed by atoms with van der Waals surface area (Å²) in [4.78, 5) is 0. The van der Waals surface area contributed by atoms with Crippen LogP contribution >= 0.6 is 15.9 Å². The largest absolute Gasteiger partial charge is 0.397 e. The predicted octanol–water partition coefficient (Wildman–Crippen LogP) is 3.24. The van der Waals surface area contributed by atoms with Crippen molar-refractivity contribution in [1.82, 2.24) is 0 Å². The molecular formula is C11H15BrN2. The molecule has 2 nitrogen and oxygen atoms in total. The zero-order chi connectivity index (χ0) is 10.1. The molecule has 0 heterocycles. The minimum atomic E-state index is 0.636. The monoisotopic (exact) mass is 254 g/mol. The van der Waals surface area contributed by atoms with E-state index in [1.54, 1.807) is 0 Å². The van der Waals surface area contributed by atoms with Gasteiger partial charge < -0.3 is 11.1 Å². The van der Waals surface area contributed by atoms with Gasteiger partial charge in [-0.2, -0.15) is 0 Å². The Balaban J connectivity index is 2.06. The Hall–Kier alpha value is -0.700. The van der Waals surface area contributed by atoms with Crippen LogP contribution in [-0.4, -0.2) is 6.04 Å². The third-order valence-electron chi connectivity index (χ3n) is 2.80. The minimum absolute atomic E-state index is 0.636. The molecule has 0 spiro atoms. The first-order chi connectivity index (χ1) is 6.70. The molecule has 3 N–H and O–H groups in total. The van der Waals surface area contributed by atoms with Crippen molar-refractivity contribution >= 4 is 27.3 Å². The van der Waals surface area contributed by atoms with Gasteiger partial charge >= 0.3 is 0 Å². The summed E-state index contributed by atoms with van der Waals surface area (Å²) in [7, 11) is 0. The summed E-state index contributed by atoms with van der Waals surface area (Å²) in [5, 5.41) is 3.47. The SMILES string of the molecule is CCC1CC1Nc1cc(Br)ccc1N. The summed E-state index contributed by atoms with van der Waals surface area (Å²) in [6, 6.07) is 6.57. The molecule has 1 aliphatic rings. The number of benzene rings is 1. The molecule has 0 aromatic heterocycles. The molecule has 76 valence electrons.